The van der Waals surface area contributed by atoms with E-state index in [1.165, 1.54) is 4.31 Å². The largest absolute Gasteiger partial charge is 0.383 e. The highest BCUT2D eigenvalue weighted by Gasteiger charge is 2.39. The minimum atomic E-state index is -3.53. The van der Waals surface area contributed by atoms with Crippen molar-refractivity contribution in [2.75, 3.05) is 46.9 Å². The van der Waals surface area contributed by atoms with Gasteiger partial charge in [0.15, 0.2) is 0 Å². The van der Waals surface area contributed by atoms with Crippen LogP contribution in [0.5, 0.6) is 0 Å². The van der Waals surface area contributed by atoms with Crippen LogP contribution >= 0.6 is 0 Å². The summed E-state index contributed by atoms with van der Waals surface area (Å²) >= 11 is 0. The van der Waals surface area contributed by atoms with Crippen molar-refractivity contribution in [1.29, 1.82) is 5.26 Å². The van der Waals surface area contributed by atoms with Crippen LogP contribution in [0, 0.1) is 11.3 Å². The van der Waals surface area contributed by atoms with Gasteiger partial charge in [0.1, 0.15) is 0 Å². The van der Waals surface area contributed by atoms with Crippen LogP contribution in [-0.2, 0) is 14.9 Å². The van der Waals surface area contributed by atoms with E-state index in [1.807, 2.05) is 6.07 Å². The summed E-state index contributed by atoms with van der Waals surface area (Å²) in [6.07, 6.45) is 3.30. The molecule has 0 aromatic carbocycles. The number of likely N-dealkylation sites (N-methyl/N-ethyl adjacent to an activating group) is 1. The lowest BCUT2D eigenvalue weighted by Crippen LogP contribution is -2.48. The molecule has 2 heterocycles. The van der Waals surface area contributed by atoms with Crippen LogP contribution in [0.25, 0.3) is 0 Å². The first-order valence-electron chi connectivity index (χ1n) is 7.83. The van der Waals surface area contributed by atoms with Gasteiger partial charge in [0.2, 0.25) is 0 Å². The lowest BCUT2D eigenvalue weighted by atomic mass is 10.1. The minimum Gasteiger partial charge on any atom is -0.383 e. The van der Waals surface area contributed by atoms with Crippen molar-refractivity contribution < 1.29 is 13.2 Å². The highest BCUT2D eigenvalue weighted by Crippen LogP contribution is 2.30. The number of hydrogen-bond acceptors (Lipinski definition) is 5. The Kier molecular flexibility index (Phi) is 6.17. The average molecular weight is 330 g/mol. The summed E-state index contributed by atoms with van der Waals surface area (Å²) in [6, 6.07) is 2.83. The zero-order valence-electron chi connectivity index (χ0n) is 13.4. The Morgan fingerprint density at radius 3 is 2.68 bits per heavy atom. The quantitative estimate of drug-likeness (QED) is 0.669. The summed E-state index contributed by atoms with van der Waals surface area (Å²) in [5.41, 5.74) is 0. The van der Waals surface area contributed by atoms with Gasteiger partial charge < -0.3 is 4.74 Å². The molecule has 0 N–H and O–H groups in total. The number of methoxy groups -OCH3 is 1. The van der Waals surface area contributed by atoms with Gasteiger partial charge in [-0.2, -0.15) is 22.3 Å². The van der Waals surface area contributed by atoms with Crippen molar-refractivity contribution in [2.45, 2.75) is 37.8 Å². The van der Waals surface area contributed by atoms with Gasteiger partial charge in [0.25, 0.3) is 10.2 Å². The molecule has 0 radical (unpaired) electrons. The van der Waals surface area contributed by atoms with E-state index in [4.69, 9.17) is 10.00 Å². The molecule has 2 fully saturated rings. The summed E-state index contributed by atoms with van der Waals surface area (Å²) in [7, 11) is 0.116. The molecule has 126 valence electrons. The van der Waals surface area contributed by atoms with E-state index < -0.39 is 10.2 Å². The predicted molar refractivity (Wildman–Crippen MR) is 83.4 cm³/mol. The molecule has 2 atom stereocenters. The van der Waals surface area contributed by atoms with Crippen LogP contribution in [0.15, 0.2) is 0 Å². The van der Waals surface area contributed by atoms with Gasteiger partial charge in [-0.15, -0.1) is 0 Å². The molecule has 0 amide bonds. The first-order chi connectivity index (χ1) is 10.5. The second-order valence-electron chi connectivity index (χ2n) is 6.00. The van der Waals surface area contributed by atoms with Crippen molar-refractivity contribution in [2.24, 2.45) is 0 Å². The average Bonchev–Trinajstić information content (AvgIpc) is 2.71. The van der Waals surface area contributed by atoms with Crippen LogP contribution in [0.3, 0.4) is 0 Å². The van der Waals surface area contributed by atoms with Gasteiger partial charge in [0, 0.05) is 51.8 Å². The number of nitriles is 1. The van der Waals surface area contributed by atoms with E-state index >= 15 is 0 Å². The third-order valence-corrected chi connectivity index (χ3v) is 6.78. The van der Waals surface area contributed by atoms with Gasteiger partial charge in [-0.05, 0) is 26.3 Å². The van der Waals surface area contributed by atoms with Gasteiger partial charge in [0.05, 0.1) is 12.7 Å². The SMILES string of the molecule is COCCN(CCC#N)S(=O)(=O)N1CCC2CCC(C1)N2C. The fraction of sp³-hybridized carbons (Fsp3) is 0.929. The molecule has 7 nitrogen and oxygen atoms in total. The van der Waals surface area contributed by atoms with Crippen LogP contribution in [0.2, 0.25) is 0 Å². The molecule has 0 spiro atoms. The van der Waals surface area contributed by atoms with E-state index in [-0.39, 0.29) is 13.0 Å². The van der Waals surface area contributed by atoms with Crippen molar-refractivity contribution in [3.05, 3.63) is 0 Å². The highest BCUT2D eigenvalue weighted by molar-refractivity contribution is 7.86. The zero-order valence-corrected chi connectivity index (χ0v) is 14.3. The fourth-order valence-electron chi connectivity index (χ4n) is 3.36. The lowest BCUT2D eigenvalue weighted by Gasteiger charge is -2.30. The van der Waals surface area contributed by atoms with Crippen LogP contribution in [-0.4, -0.2) is 81.0 Å². The van der Waals surface area contributed by atoms with Crippen LogP contribution < -0.4 is 0 Å². The molecule has 0 aromatic heterocycles. The van der Waals surface area contributed by atoms with Gasteiger partial charge in [-0.3, -0.25) is 4.90 Å². The Hall–Kier alpha value is -0.720. The number of ether oxygens (including phenoxy) is 1. The highest BCUT2D eigenvalue weighted by atomic mass is 32.2. The number of fused-ring (bicyclic) bond motifs is 2. The molecule has 2 bridgehead atoms. The zero-order chi connectivity index (χ0) is 16.2. The van der Waals surface area contributed by atoms with Gasteiger partial charge in [-0.25, -0.2) is 0 Å². The Labute approximate surface area is 133 Å². The molecule has 0 saturated carbocycles. The molecule has 2 saturated heterocycles. The second kappa shape index (κ2) is 7.70. The van der Waals surface area contributed by atoms with Crippen molar-refractivity contribution >= 4 is 10.2 Å². The molecular weight excluding hydrogens is 304 g/mol. The van der Waals surface area contributed by atoms with Gasteiger partial charge >= 0.3 is 0 Å². The molecule has 2 aliphatic rings. The summed E-state index contributed by atoms with van der Waals surface area (Å²) in [5.74, 6) is 0. The third kappa shape index (κ3) is 3.78. The minimum absolute atomic E-state index is 0.197. The maximum absolute atomic E-state index is 12.9. The summed E-state index contributed by atoms with van der Waals surface area (Å²) in [6.45, 7) is 1.96. The topological polar surface area (TPSA) is 76.9 Å². The molecule has 0 aliphatic carbocycles. The lowest BCUT2D eigenvalue weighted by molar-refractivity contribution is 0.175. The molecular formula is C14H26N4O3S. The van der Waals surface area contributed by atoms with Gasteiger partial charge in [-0.1, -0.05) is 0 Å². The van der Waals surface area contributed by atoms with E-state index in [2.05, 4.69) is 11.9 Å². The standard InChI is InChI=1S/C14H26N4O3S/c1-16-13-4-5-14(16)12-18(9-6-13)22(19,20)17(8-3-7-15)10-11-21-2/h13-14H,3-6,8-12H2,1-2H3. The molecule has 8 heteroatoms. The Morgan fingerprint density at radius 2 is 2.00 bits per heavy atom. The Balaban J connectivity index is 2.10. The number of nitrogens with zero attached hydrogens (tertiary/aromatic N) is 4. The monoisotopic (exact) mass is 330 g/mol. The summed E-state index contributed by atoms with van der Waals surface area (Å²) in [4.78, 5) is 2.32. The van der Waals surface area contributed by atoms with E-state index in [1.54, 1.807) is 11.4 Å². The molecule has 2 aliphatic heterocycles. The van der Waals surface area contributed by atoms with E-state index in [0.717, 1.165) is 19.3 Å². The first-order valence-corrected chi connectivity index (χ1v) is 9.23. The summed E-state index contributed by atoms with van der Waals surface area (Å²) < 4.78 is 33.8. The first kappa shape index (κ1) is 17.6. The molecule has 22 heavy (non-hydrogen) atoms. The Morgan fingerprint density at radius 1 is 1.27 bits per heavy atom. The fourth-order valence-corrected chi connectivity index (χ4v) is 5.01. The van der Waals surface area contributed by atoms with Crippen molar-refractivity contribution in [3.8, 4) is 6.07 Å². The second-order valence-corrected chi connectivity index (χ2v) is 7.93. The van der Waals surface area contributed by atoms with E-state index in [9.17, 15) is 8.42 Å². The smallest absolute Gasteiger partial charge is 0.282 e. The molecule has 0 aromatic rings. The molecule has 2 unspecified atom stereocenters. The molecule has 2 rings (SSSR count). The maximum Gasteiger partial charge on any atom is 0.282 e. The van der Waals surface area contributed by atoms with Crippen LogP contribution in [0.4, 0.5) is 0 Å². The maximum atomic E-state index is 12.9. The third-order valence-electron chi connectivity index (χ3n) is 4.78. The van der Waals surface area contributed by atoms with Crippen molar-refractivity contribution in [3.63, 3.8) is 0 Å². The van der Waals surface area contributed by atoms with Crippen LogP contribution in [0.1, 0.15) is 25.7 Å². The predicted octanol–water partition coefficient (Wildman–Crippen LogP) is 0.262. The summed E-state index contributed by atoms with van der Waals surface area (Å²) in [5, 5.41) is 8.76. The van der Waals surface area contributed by atoms with E-state index in [0.29, 0.717) is 38.3 Å². The number of hydrogen-bond donors (Lipinski definition) is 0. The Bertz CT molecular complexity index is 505. The number of rotatable bonds is 7. The van der Waals surface area contributed by atoms with Crippen molar-refractivity contribution in [1.82, 2.24) is 13.5 Å². The normalized spacial score (nSPS) is 27.0.